The zero-order chi connectivity index (χ0) is 14.8. The van der Waals surface area contributed by atoms with Gasteiger partial charge in [0.1, 0.15) is 0 Å². The fourth-order valence-electron chi connectivity index (χ4n) is 2.32. The monoisotopic (exact) mass is 281 g/mol. The van der Waals surface area contributed by atoms with Gasteiger partial charge in [-0.15, -0.1) is 5.10 Å². The van der Waals surface area contributed by atoms with Crippen LogP contribution >= 0.6 is 0 Å². The van der Waals surface area contributed by atoms with Gasteiger partial charge in [0.05, 0.1) is 12.2 Å². The molecule has 0 aromatic carbocycles. The van der Waals surface area contributed by atoms with Crippen LogP contribution in [-0.2, 0) is 13.1 Å². The summed E-state index contributed by atoms with van der Waals surface area (Å²) in [5.74, 6) is 0.815. The van der Waals surface area contributed by atoms with Crippen LogP contribution in [0.1, 0.15) is 46.2 Å². The maximum absolute atomic E-state index is 4.19. The molecule has 0 aliphatic rings. The molecule has 0 aliphatic carbocycles. The van der Waals surface area contributed by atoms with E-state index < -0.39 is 0 Å². The van der Waals surface area contributed by atoms with Gasteiger partial charge in [-0.3, -0.25) is 4.68 Å². The lowest BCUT2D eigenvalue weighted by molar-refractivity contribution is 0.222. The van der Waals surface area contributed by atoms with Crippen LogP contribution in [0.5, 0.6) is 0 Å². The van der Waals surface area contributed by atoms with E-state index in [4.69, 9.17) is 0 Å². The number of nitrogens with zero attached hydrogens (tertiary/aromatic N) is 4. The van der Waals surface area contributed by atoms with E-state index in [2.05, 4.69) is 48.2 Å². The van der Waals surface area contributed by atoms with E-state index in [0.29, 0.717) is 0 Å². The minimum absolute atomic E-state index is 0.807. The Morgan fingerprint density at radius 1 is 1.25 bits per heavy atom. The fraction of sp³-hybridized carbons (Fsp3) is 0.867. The molecule has 116 valence electrons. The second kappa shape index (κ2) is 9.88. The van der Waals surface area contributed by atoms with Crippen molar-refractivity contribution in [1.29, 1.82) is 0 Å². The summed E-state index contributed by atoms with van der Waals surface area (Å²) >= 11 is 0. The van der Waals surface area contributed by atoms with Crippen LogP contribution in [-0.4, -0.2) is 46.1 Å². The van der Waals surface area contributed by atoms with E-state index in [9.17, 15) is 0 Å². The molecule has 0 saturated carbocycles. The zero-order valence-electron chi connectivity index (χ0n) is 13.6. The zero-order valence-corrected chi connectivity index (χ0v) is 13.6. The fourth-order valence-corrected chi connectivity index (χ4v) is 2.32. The highest BCUT2D eigenvalue weighted by Gasteiger charge is 2.10. The molecule has 1 aromatic heterocycles. The first-order valence-corrected chi connectivity index (χ1v) is 8.05. The highest BCUT2D eigenvalue weighted by molar-refractivity contribution is 4.91. The molecular formula is C15H31N5. The van der Waals surface area contributed by atoms with Crippen molar-refractivity contribution in [2.75, 3.05) is 26.2 Å². The summed E-state index contributed by atoms with van der Waals surface area (Å²) in [6, 6.07) is 0. The highest BCUT2D eigenvalue weighted by atomic mass is 15.4. The normalized spacial score (nSPS) is 11.7. The number of nitrogens with one attached hydrogen (secondary N) is 1. The van der Waals surface area contributed by atoms with Crippen LogP contribution in [0.3, 0.4) is 0 Å². The molecule has 0 radical (unpaired) electrons. The van der Waals surface area contributed by atoms with Crippen molar-refractivity contribution in [2.45, 2.75) is 53.6 Å². The van der Waals surface area contributed by atoms with Gasteiger partial charge < -0.3 is 10.2 Å². The van der Waals surface area contributed by atoms with Crippen LogP contribution in [0.4, 0.5) is 0 Å². The number of rotatable bonds is 11. The Balaban J connectivity index is 2.37. The molecule has 0 unspecified atom stereocenters. The smallest absolute Gasteiger partial charge is 0.0964 e. The van der Waals surface area contributed by atoms with Crippen molar-refractivity contribution >= 4 is 0 Å². The van der Waals surface area contributed by atoms with E-state index in [-0.39, 0.29) is 0 Å². The summed E-state index contributed by atoms with van der Waals surface area (Å²) in [5.41, 5.74) is 1.02. The third kappa shape index (κ3) is 6.01. The maximum atomic E-state index is 4.19. The van der Waals surface area contributed by atoms with Gasteiger partial charge >= 0.3 is 0 Å². The largest absolute Gasteiger partial charge is 0.311 e. The van der Waals surface area contributed by atoms with E-state index >= 15 is 0 Å². The van der Waals surface area contributed by atoms with Crippen molar-refractivity contribution in [3.05, 3.63) is 11.9 Å². The molecule has 0 spiro atoms. The summed E-state index contributed by atoms with van der Waals surface area (Å²) in [7, 11) is 0. The number of hydrogen-bond donors (Lipinski definition) is 1. The van der Waals surface area contributed by atoms with Crippen LogP contribution in [0.25, 0.3) is 0 Å². The van der Waals surface area contributed by atoms with Gasteiger partial charge in [-0.2, -0.15) is 0 Å². The van der Waals surface area contributed by atoms with Gasteiger partial charge in [-0.05, 0) is 19.0 Å². The first-order chi connectivity index (χ1) is 9.73. The SMILES string of the molecule is CCNCc1cn(CCN(CC)CC(CC)CC)nn1. The summed E-state index contributed by atoms with van der Waals surface area (Å²) < 4.78 is 1.96. The number of hydrogen-bond acceptors (Lipinski definition) is 4. The Morgan fingerprint density at radius 3 is 2.60 bits per heavy atom. The molecule has 1 aromatic rings. The van der Waals surface area contributed by atoms with Gasteiger partial charge in [-0.25, -0.2) is 0 Å². The van der Waals surface area contributed by atoms with Crippen molar-refractivity contribution in [1.82, 2.24) is 25.2 Å². The van der Waals surface area contributed by atoms with E-state index in [1.165, 1.54) is 19.4 Å². The lowest BCUT2D eigenvalue weighted by atomic mass is 10.0. The quantitative estimate of drug-likeness (QED) is 0.675. The van der Waals surface area contributed by atoms with E-state index in [1.54, 1.807) is 0 Å². The lowest BCUT2D eigenvalue weighted by Crippen LogP contribution is -2.32. The topological polar surface area (TPSA) is 46.0 Å². The molecule has 20 heavy (non-hydrogen) atoms. The molecule has 0 atom stereocenters. The summed E-state index contributed by atoms with van der Waals surface area (Å²) in [6.07, 6.45) is 4.58. The molecule has 0 bridgehead atoms. The average Bonchev–Trinajstić information content (AvgIpc) is 2.93. The molecule has 0 fully saturated rings. The minimum atomic E-state index is 0.807. The van der Waals surface area contributed by atoms with E-state index in [0.717, 1.165) is 44.3 Å². The third-order valence-corrected chi connectivity index (χ3v) is 3.91. The van der Waals surface area contributed by atoms with Crippen molar-refractivity contribution in [3.8, 4) is 0 Å². The Kier molecular flexibility index (Phi) is 8.46. The molecule has 5 heteroatoms. The van der Waals surface area contributed by atoms with Crippen LogP contribution < -0.4 is 5.32 Å². The predicted octanol–water partition coefficient (Wildman–Crippen LogP) is 2.15. The summed E-state index contributed by atoms with van der Waals surface area (Å²) in [5, 5.41) is 11.6. The molecule has 0 saturated heterocycles. The Morgan fingerprint density at radius 2 is 2.00 bits per heavy atom. The lowest BCUT2D eigenvalue weighted by Gasteiger charge is -2.24. The average molecular weight is 281 g/mol. The molecule has 0 aliphatic heterocycles. The molecule has 1 heterocycles. The second-order valence-corrected chi connectivity index (χ2v) is 5.33. The van der Waals surface area contributed by atoms with Crippen molar-refractivity contribution < 1.29 is 0 Å². The second-order valence-electron chi connectivity index (χ2n) is 5.33. The summed E-state index contributed by atoms with van der Waals surface area (Å²) in [6.45, 7) is 15.0. The third-order valence-electron chi connectivity index (χ3n) is 3.91. The van der Waals surface area contributed by atoms with E-state index in [1.807, 2.05) is 10.9 Å². The van der Waals surface area contributed by atoms with Crippen LogP contribution in [0.15, 0.2) is 6.20 Å². The molecule has 1 N–H and O–H groups in total. The molecular weight excluding hydrogens is 250 g/mol. The number of aromatic nitrogens is 3. The Labute approximate surface area is 123 Å². The molecule has 1 rings (SSSR count). The Hall–Kier alpha value is -0.940. The van der Waals surface area contributed by atoms with Crippen molar-refractivity contribution in [3.63, 3.8) is 0 Å². The van der Waals surface area contributed by atoms with Gasteiger partial charge in [-0.1, -0.05) is 45.7 Å². The standard InChI is InChI=1S/C15H31N5/c1-5-14(6-2)12-19(8-4)9-10-20-13-15(17-18-20)11-16-7-3/h13-14,16H,5-12H2,1-4H3. The highest BCUT2D eigenvalue weighted by Crippen LogP contribution is 2.09. The Bertz CT molecular complexity index is 346. The summed E-state index contributed by atoms with van der Waals surface area (Å²) in [4.78, 5) is 2.52. The minimum Gasteiger partial charge on any atom is -0.311 e. The van der Waals surface area contributed by atoms with Crippen LogP contribution in [0, 0.1) is 5.92 Å². The number of likely N-dealkylation sites (N-methyl/N-ethyl adjacent to an activating group) is 1. The van der Waals surface area contributed by atoms with Crippen LogP contribution in [0.2, 0.25) is 0 Å². The van der Waals surface area contributed by atoms with Gasteiger partial charge in [0, 0.05) is 25.8 Å². The van der Waals surface area contributed by atoms with Crippen molar-refractivity contribution in [2.24, 2.45) is 5.92 Å². The van der Waals surface area contributed by atoms with Gasteiger partial charge in [0.2, 0.25) is 0 Å². The molecule has 0 amide bonds. The first-order valence-electron chi connectivity index (χ1n) is 8.05. The van der Waals surface area contributed by atoms with Gasteiger partial charge in [0.25, 0.3) is 0 Å². The maximum Gasteiger partial charge on any atom is 0.0964 e. The predicted molar refractivity (Wildman–Crippen MR) is 83.6 cm³/mol. The molecule has 5 nitrogen and oxygen atoms in total. The van der Waals surface area contributed by atoms with Gasteiger partial charge in [0.15, 0.2) is 0 Å². The first kappa shape index (κ1) is 17.1.